The third kappa shape index (κ3) is 6.31. The molecule has 0 amide bonds. The lowest BCUT2D eigenvalue weighted by atomic mass is 9.93. The molecule has 4 nitrogen and oxygen atoms in total. The molecule has 4 heteroatoms. The molecule has 1 heterocycles. The first-order valence-electron chi connectivity index (χ1n) is 13.0. The van der Waals surface area contributed by atoms with Gasteiger partial charge in [0.15, 0.2) is 0 Å². The van der Waals surface area contributed by atoms with Crippen molar-refractivity contribution in [2.45, 2.75) is 97.6 Å². The summed E-state index contributed by atoms with van der Waals surface area (Å²) in [4.78, 5) is 7.60. The quantitative estimate of drug-likeness (QED) is 0.523. The molecule has 2 aromatic rings. The van der Waals surface area contributed by atoms with Gasteiger partial charge in [0.25, 0.3) is 0 Å². The first kappa shape index (κ1) is 25.1. The number of nitrogens with zero attached hydrogens (tertiary/aromatic N) is 3. The molecule has 0 radical (unpaired) electrons. The highest BCUT2D eigenvalue weighted by molar-refractivity contribution is 5.35. The van der Waals surface area contributed by atoms with E-state index in [9.17, 15) is 0 Å². The van der Waals surface area contributed by atoms with E-state index in [2.05, 4.69) is 54.7 Å². The van der Waals surface area contributed by atoms with Gasteiger partial charge in [-0.3, -0.25) is 0 Å². The number of imidazole rings is 1. The molecule has 1 aromatic heterocycles. The van der Waals surface area contributed by atoms with Crippen molar-refractivity contribution < 1.29 is 0 Å². The minimum atomic E-state index is 0.680. The van der Waals surface area contributed by atoms with Crippen LogP contribution in [-0.4, -0.2) is 27.0 Å². The average molecular weight is 449 g/mol. The van der Waals surface area contributed by atoms with Crippen LogP contribution in [0.2, 0.25) is 0 Å². The van der Waals surface area contributed by atoms with Crippen LogP contribution in [0.5, 0.6) is 0 Å². The second kappa shape index (κ2) is 12.1. The maximum absolute atomic E-state index is 6.33. The molecule has 0 unspecified atom stereocenters. The Hall–Kier alpha value is -2.49. The Morgan fingerprint density at radius 3 is 2.48 bits per heavy atom. The largest absolute Gasteiger partial charge is 0.400 e. The lowest BCUT2D eigenvalue weighted by molar-refractivity contribution is 0.197. The highest BCUT2D eigenvalue weighted by Gasteiger charge is 2.20. The van der Waals surface area contributed by atoms with E-state index in [1.54, 1.807) is 0 Å². The Labute approximate surface area is 200 Å². The third-order valence-electron chi connectivity index (χ3n) is 6.98. The topological polar surface area (TPSA) is 47.1 Å². The van der Waals surface area contributed by atoms with Crippen molar-refractivity contribution in [1.82, 2.24) is 14.5 Å². The summed E-state index contributed by atoms with van der Waals surface area (Å²) in [5.74, 6) is 1.15. The molecule has 1 aliphatic carbocycles. The van der Waals surface area contributed by atoms with Crippen molar-refractivity contribution in [3.05, 3.63) is 63.5 Å². The molecule has 1 fully saturated rings. The highest BCUT2D eigenvalue weighted by Crippen LogP contribution is 2.25. The van der Waals surface area contributed by atoms with E-state index in [1.807, 2.05) is 13.0 Å². The monoisotopic (exact) mass is 448 g/mol. The molecule has 1 aromatic carbocycles. The van der Waals surface area contributed by atoms with Crippen molar-refractivity contribution in [3.63, 3.8) is 0 Å². The molecule has 180 valence electrons. The Morgan fingerprint density at radius 2 is 1.85 bits per heavy atom. The summed E-state index contributed by atoms with van der Waals surface area (Å²) in [6, 6.07) is 9.03. The fourth-order valence-corrected chi connectivity index (χ4v) is 5.19. The first-order valence-corrected chi connectivity index (χ1v) is 13.0. The van der Waals surface area contributed by atoms with E-state index in [0.29, 0.717) is 6.04 Å². The molecule has 3 rings (SSSR count). The fourth-order valence-electron chi connectivity index (χ4n) is 5.19. The van der Waals surface area contributed by atoms with Crippen molar-refractivity contribution >= 4 is 12.3 Å². The van der Waals surface area contributed by atoms with Crippen LogP contribution in [0.25, 0.3) is 12.3 Å². The number of hydrogen-bond acceptors (Lipinski definition) is 3. The van der Waals surface area contributed by atoms with Gasteiger partial charge in [0.2, 0.25) is 0 Å². The number of benzene rings is 1. The summed E-state index contributed by atoms with van der Waals surface area (Å²) in [5.41, 5.74) is 8.32. The SMILES string of the molecule is C=C(C)N(CCCCn1c(CCCC)nc(=C(/C)N)/c1=c1/ccccc1=C)C1CCCCC1. The molecule has 33 heavy (non-hydrogen) atoms. The number of aryl methyl sites for hydroxylation is 1. The summed E-state index contributed by atoms with van der Waals surface area (Å²) >= 11 is 0. The Bertz CT molecular complexity index is 1120. The molecular weight excluding hydrogens is 404 g/mol. The number of hydrogen-bond donors (Lipinski definition) is 1. The zero-order valence-electron chi connectivity index (χ0n) is 21.2. The van der Waals surface area contributed by atoms with Crippen LogP contribution in [0.1, 0.15) is 84.4 Å². The molecular formula is C29H44N4. The number of aromatic nitrogens is 2. The van der Waals surface area contributed by atoms with Crippen molar-refractivity contribution in [1.29, 1.82) is 0 Å². The number of nitrogens with two attached hydrogens (primary N) is 1. The van der Waals surface area contributed by atoms with Gasteiger partial charge >= 0.3 is 0 Å². The van der Waals surface area contributed by atoms with Gasteiger partial charge in [0.05, 0.1) is 5.35 Å². The smallest absolute Gasteiger partial charge is 0.109 e. The van der Waals surface area contributed by atoms with E-state index < -0.39 is 0 Å². The second-order valence-corrected chi connectivity index (χ2v) is 9.75. The van der Waals surface area contributed by atoms with Crippen molar-refractivity contribution in [2.75, 3.05) is 6.54 Å². The summed E-state index contributed by atoms with van der Waals surface area (Å²) in [5, 5.41) is 4.21. The lowest BCUT2D eigenvalue weighted by Crippen LogP contribution is -2.35. The maximum atomic E-state index is 6.33. The maximum Gasteiger partial charge on any atom is 0.109 e. The molecule has 1 aliphatic rings. The van der Waals surface area contributed by atoms with Gasteiger partial charge in [-0.2, -0.15) is 0 Å². The molecule has 0 spiro atoms. The molecule has 2 N–H and O–H groups in total. The molecule has 1 saturated carbocycles. The zero-order valence-corrected chi connectivity index (χ0v) is 21.2. The summed E-state index contributed by atoms with van der Waals surface area (Å²) in [6.07, 6.45) is 12.3. The van der Waals surface area contributed by atoms with Crippen LogP contribution in [0.3, 0.4) is 0 Å². The molecule has 0 bridgehead atoms. The van der Waals surface area contributed by atoms with Crippen LogP contribution >= 0.6 is 0 Å². The predicted octanol–water partition coefficient (Wildman–Crippen LogP) is 4.96. The molecule has 0 aliphatic heterocycles. The van der Waals surface area contributed by atoms with Crippen LogP contribution < -0.4 is 16.3 Å². The predicted molar refractivity (Wildman–Crippen MR) is 141 cm³/mol. The van der Waals surface area contributed by atoms with Crippen LogP contribution in [-0.2, 0) is 13.0 Å². The molecule has 0 saturated heterocycles. The van der Waals surface area contributed by atoms with Gasteiger partial charge in [-0.05, 0) is 51.2 Å². The lowest BCUT2D eigenvalue weighted by Gasteiger charge is -2.36. The summed E-state index contributed by atoms with van der Waals surface area (Å²) < 4.78 is 2.43. The van der Waals surface area contributed by atoms with E-state index >= 15 is 0 Å². The normalized spacial score (nSPS) is 16.6. The van der Waals surface area contributed by atoms with E-state index in [-0.39, 0.29) is 0 Å². The van der Waals surface area contributed by atoms with Gasteiger partial charge in [-0.1, -0.05) is 70.0 Å². The summed E-state index contributed by atoms with van der Waals surface area (Å²) in [6.45, 7) is 17.0. The Morgan fingerprint density at radius 1 is 1.12 bits per heavy atom. The average Bonchev–Trinajstić information content (AvgIpc) is 3.16. The standard InChI is InChI=1S/C29H44N4/c1-6-7-19-27-31-28(24(5)30)29(26-18-12-11-15-23(26)4)33(27)21-14-13-20-32(22(2)3)25-16-9-8-10-17-25/h11-12,15,18,25H,2,4,6-10,13-14,16-17,19-21,30H2,1,3,5H3/b28-24-,29-26+. The minimum absolute atomic E-state index is 0.680. The van der Waals surface area contributed by atoms with Crippen molar-refractivity contribution in [3.8, 4) is 0 Å². The van der Waals surface area contributed by atoms with Gasteiger partial charge in [0, 0.05) is 42.2 Å². The molecule has 0 atom stereocenters. The first-order chi connectivity index (χ1) is 15.9. The fraction of sp³-hybridized carbons (Fsp3) is 0.552. The van der Waals surface area contributed by atoms with E-state index in [1.165, 1.54) is 37.8 Å². The number of unbranched alkanes of at least 4 members (excludes halogenated alkanes) is 2. The Balaban J connectivity index is 1.90. The minimum Gasteiger partial charge on any atom is -0.400 e. The van der Waals surface area contributed by atoms with E-state index in [0.717, 1.165) is 77.9 Å². The number of rotatable bonds is 10. The van der Waals surface area contributed by atoms with Crippen LogP contribution in [0, 0.1) is 10.6 Å². The summed E-state index contributed by atoms with van der Waals surface area (Å²) in [7, 11) is 0. The number of allylic oxidation sites excluding steroid dienone is 1. The van der Waals surface area contributed by atoms with Crippen LogP contribution in [0.15, 0.2) is 36.5 Å². The van der Waals surface area contributed by atoms with Gasteiger partial charge < -0.3 is 15.2 Å². The Kier molecular flexibility index (Phi) is 9.22. The van der Waals surface area contributed by atoms with E-state index in [4.69, 9.17) is 10.7 Å². The van der Waals surface area contributed by atoms with Crippen molar-refractivity contribution in [2.24, 2.45) is 5.73 Å². The van der Waals surface area contributed by atoms with Gasteiger partial charge in [-0.15, -0.1) is 0 Å². The third-order valence-corrected chi connectivity index (χ3v) is 6.98. The van der Waals surface area contributed by atoms with Gasteiger partial charge in [-0.25, -0.2) is 4.98 Å². The van der Waals surface area contributed by atoms with Gasteiger partial charge in [0.1, 0.15) is 11.2 Å². The van der Waals surface area contributed by atoms with Crippen LogP contribution in [0.4, 0.5) is 0 Å². The zero-order chi connectivity index (χ0) is 23.8. The highest BCUT2D eigenvalue weighted by atomic mass is 15.2. The second-order valence-electron chi connectivity index (χ2n) is 9.75.